The molecule has 8 heteroatoms. The van der Waals surface area contributed by atoms with Crippen LogP contribution in [-0.2, 0) is 20.8 Å². The van der Waals surface area contributed by atoms with Crippen LogP contribution in [0.25, 0.3) is 0 Å². The van der Waals surface area contributed by atoms with Crippen molar-refractivity contribution in [1.82, 2.24) is 16.0 Å². The van der Waals surface area contributed by atoms with Gasteiger partial charge in [-0.2, -0.15) is 0 Å². The van der Waals surface area contributed by atoms with Crippen LogP contribution in [0, 0.1) is 17.6 Å². The second-order valence-electron chi connectivity index (χ2n) is 8.13. The molecule has 2 amide bonds. The van der Waals surface area contributed by atoms with E-state index in [-0.39, 0.29) is 35.6 Å². The van der Waals surface area contributed by atoms with Gasteiger partial charge in [-0.05, 0) is 49.5 Å². The SMILES string of the molecule is CC1CC2=C(CC1=O)C(NC(=O)[C@H](C)NC(=O)Cc1cc(F)cc(F)c1)CCCN2. The minimum absolute atomic E-state index is 0.0310. The molecule has 1 aliphatic heterocycles. The van der Waals surface area contributed by atoms with Gasteiger partial charge in [-0.15, -0.1) is 0 Å². The zero-order valence-corrected chi connectivity index (χ0v) is 17.2. The quantitative estimate of drug-likeness (QED) is 0.683. The lowest BCUT2D eigenvalue weighted by atomic mass is 9.83. The Labute approximate surface area is 174 Å². The fraction of sp³-hybridized carbons (Fsp3) is 0.500. The van der Waals surface area contributed by atoms with Gasteiger partial charge in [0.15, 0.2) is 0 Å². The van der Waals surface area contributed by atoms with Crippen molar-refractivity contribution in [2.24, 2.45) is 5.92 Å². The van der Waals surface area contributed by atoms with Gasteiger partial charge in [0.25, 0.3) is 0 Å². The predicted octanol–water partition coefficient (Wildman–Crippen LogP) is 2.13. The average molecular weight is 419 g/mol. The van der Waals surface area contributed by atoms with Crippen molar-refractivity contribution in [1.29, 1.82) is 0 Å². The number of carbonyl (C=O) groups excluding carboxylic acids is 3. The Morgan fingerprint density at radius 3 is 2.63 bits per heavy atom. The molecule has 2 aliphatic rings. The molecular formula is C22H27F2N3O3. The molecule has 0 radical (unpaired) electrons. The molecule has 3 rings (SSSR count). The molecule has 0 saturated heterocycles. The molecule has 6 nitrogen and oxygen atoms in total. The fourth-order valence-corrected chi connectivity index (χ4v) is 3.97. The highest BCUT2D eigenvalue weighted by Gasteiger charge is 2.32. The number of halogens is 2. The molecule has 0 bridgehead atoms. The Kier molecular flexibility index (Phi) is 6.84. The maximum atomic E-state index is 13.3. The molecule has 0 saturated carbocycles. The van der Waals surface area contributed by atoms with Crippen molar-refractivity contribution in [3.63, 3.8) is 0 Å². The number of rotatable bonds is 5. The first kappa shape index (κ1) is 21.9. The maximum absolute atomic E-state index is 13.3. The first-order valence-electron chi connectivity index (χ1n) is 10.3. The van der Waals surface area contributed by atoms with Crippen LogP contribution in [0.15, 0.2) is 29.5 Å². The number of hydrogen-bond acceptors (Lipinski definition) is 4. The molecular weight excluding hydrogens is 392 g/mol. The van der Waals surface area contributed by atoms with Gasteiger partial charge in [-0.1, -0.05) is 6.92 Å². The number of Topliss-reactive ketones (excluding diaryl/α,β-unsaturated/α-hetero) is 1. The van der Waals surface area contributed by atoms with Gasteiger partial charge in [-0.25, -0.2) is 8.78 Å². The second kappa shape index (κ2) is 9.36. The zero-order valence-electron chi connectivity index (χ0n) is 17.2. The largest absolute Gasteiger partial charge is 0.388 e. The van der Waals surface area contributed by atoms with Crippen molar-refractivity contribution in [3.05, 3.63) is 46.7 Å². The van der Waals surface area contributed by atoms with E-state index in [4.69, 9.17) is 0 Å². The summed E-state index contributed by atoms with van der Waals surface area (Å²) >= 11 is 0. The summed E-state index contributed by atoms with van der Waals surface area (Å²) in [6.07, 6.45) is 2.30. The molecule has 1 aliphatic carbocycles. The van der Waals surface area contributed by atoms with E-state index in [1.165, 1.54) is 0 Å². The lowest BCUT2D eigenvalue weighted by Gasteiger charge is -2.29. The van der Waals surface area contributed by atoms with Crippen molar-refractivity contribution < 1.29 is 23.2 Å². The molecule has 30 heavy (non-hydrogen) atoms. The third-order valence-corrected chi connectivity index (χ3v) is 5.62. The summed E-state index contributed by atoms with van der Waals surface area (Å²) in [5.74, 6) is -2.25. The molecule has 0 spiro atoms. The number of nitrogens with one attached hydrogen (secondary N) is 3. The van der Waals surface area contributed by atoms with Crippen LogP contribution >= 0.6 is 0 Å². The van der Waals surface area contributed by atoms with Gasteiger partial charge in [0.2, 0.25) is 11.8 Å². The summed E-state index contributed by atoms with van der Waals surface area (Å²) in [6.45, 7) is 4.26. The van der Waals surface area contributed by atoms with E-state index in [2.05, 4.69) is 16.0 Å². The van der Waals surface area contributed by atoms with E-state index in [1.54, 1.807) is 6.92 Å². The van der Waals surface area contributed by atoms with E-state index in [0.717, 1.165) is 42.4 Å². The van der Waals surface area contributed by atoms with Crippen LogP contribution in [-0.4, -0.2) is 36.2 Å². The Morgan fingerprint density at radius 2 is 1.93 bits per heavy atom. The van der Waals surface area contributed by atoms with Crippen LogP contribution in [0.2, 0.25) is 0 Å². The van der Waals surface area contributed by atoms with E-state index in [1.807, 2.05) is 6.92 Å². The first-order valence-corrected chi connectivity index (χ1v) is 10.3. The zero-order chi connectivity index (χ0) is 21.8. The van der Waals surface area contributed by atoms with Crippen molar-refractivity contribution in [3.8, 4) is 0 Å². The highest BCUT2D eigenvalue weighted by atomic mass is 19.1. The standard InChI is InChI=1S/C22H27F2N3O3/c1-12-6-19-17(11-20(12)28)18(4-3-5-25-19)27-22(30)13(2)26-21(29)9-14-7-15(23)10-16(24)8-14/h7-8,10,12-13,18,25H,3-6,9,11H2,1-2H3,(H,26,29)(H,27,30)/t12?,13-,18?/m0/s1. The van der Waals surface area contributed by atoms with Gasteiger partial charge >= 0.3 is 0 Å². The van der Waals surface area contributed by atoms with Crippen LogP contribution < -0.4 is 16.0 Å². The molecule has 3 atom stereocenters. The van der Waals surface area contributed by atoms with Gasteiger partial charge < -0.3 is 16.0 Å². The van der Waals surface area contributed by atoms with Gasteiger partial charge in [-0.3, -0.25) is 14.4 Å². The van der Waals surface area contributed by atoms with Gasteiger partial charge in [0, 0.05) is 30.6 Å². The molecule has 3 N–H and O–H groups in total. The van der Waals surface area contributed by atoms with Gasteiger partial charge in [0.05, 0.1) is 12.5 Å². The topological polar surface area (TPSA) is 87.3 Å². The number of ketones is 1. The van der Waals surface area contributed by atoms with Crippen molar-refractivity contribution in [2.75, 3.05) is 6.54 Å². The summed E-state index contributed by atoms with van der Waals surface area (Å²) in [7, 11) is 0. The van der Waals surface area contributed by atoms with E-state index < -0.39 is 23.6 Å². The van der Waals surface area contributed by atoms with Crippen LogP contribution in [0.5, 0.6) is 0 Å². The molecule has 1 aromatic rings. The molecule has 1 aromatic carbocycles. The van der Waals surface area contributed by atoms with E-state index in [9.17, 15) is 23.2 Å². The number of amides is 2. The molecule has 0 fully saturated rings. The second-order valence-corrected chi connectivity index (χ2v) is 8.13. The minimum atomic E-state index is -0.825. The van der Waals surface area contributed by atoms with Crippen LogP contribution in [0.3, 0.4) is 0 Å². The van der Waals surface area contributed by atoms with Crippen molar-refractivity contribution >= 4 is 17.6 Å². The number of benzene rings is 1. The predicted molar refractivity (Wildman–Crippen MR) is 107 cm³/mol. The number of carbonyl (C=O) groups is 3. The highest BCUT2D eigenvalue weighted by molar-refractivity contribution is 5.89. The monoisotopic (exact) mass is 419 g/mol. The normalized spacial score (nSPS) is 22.5. The number of allylic oxidation sites excluding steroid dienone is 1. The molecule has 2 unspecified atom stereocenters. The third-order valence-electron chi connectivity index (χ3n) is 5.62. The van der Waals surface area contributed by atoms with Crippen molar-refractivity contribution in [2.45, 2.75) is 58.0 Å². The van der Waals surface area contributed by atoms with Gasteiger partial charge in [0.1, 0.15) is 23.5 Å². The summed E-state index contributed by atoms with van der Waals surface area (Å²) in [5.41, 5.74) is 2.16. The Hall–Kier alpha value is -2.77. The Morgan fingerprint density at radius 1 is 1.23 bits per heavy atom. The minimum Gasteiger partial charge on any atom is -0.388 e. The van der Waals surface area contributed by atoms with Crippen LogP contribution in [0.1, 0.15) is 45.1 Å². The Bertz CT molecular complexity index is 864. The molecule has 0 aromatic heterocycles. The lowest BCUT2D eigenvalue weighted by Crippen LogP contribution is -2.49. The molecule has 162 valence electrons. The Balaban J connectivity index is 1.60. The summed E-state index contributed by atoms with van der Waals surface area (Å²) in [5, 5.41) is 8.90. The average Bonchev–Trinajstić information content (AvgIpc) is 2.83. The summed E-state index contributed by atoms with van der Waals surface area (Å²) in [4.78, 5) is 37.1. The molecule has 1 heterocycles. The first-order chi connectivity index (χ1) is 14.2. The summed E-state index contributed by atoms with van der Waals surface area (Å²) < 4.78 is 26.6. The highest BCUT2D eigenvalue weighted by Crippen LogP contribution is 2.30. The lowest BCUT2D eigenvalue weighted by molar-refractivity contribution is -0.128. The third kappa shape index (κ3) is 5.43. The smallest absolute Gasteiger partial charge is 0.242 e. The van der Waals surface area contributed by atoms with Crippen LogP contribution in [0.4, 0.5) is 8.78 Å². The van der Waals surface area contributed by atoms with E-state index >= 15 is 0 Å². The number of hydrogen-bond donors (Lipinski definition) is 3. The van der Waals surface area contributed by atoms with E-state index in [0.29, 0.717) is 19.3 Å². The fourth-order valence-electron chi connectivity index (χ4n) is 3.97. The maximum Gasteiger partial charge on any atom is 0.242 e. The summed E-state index contributed by atoms with van der Waals surface area (Å²) in [6, 6.07) is 1.82.